The van der Waals surface area contributed by atoms with Gasteiger partial charge in [0.15, 0.2) is 5.78 Å². The van der Waals surface area contributed by atoms with Crippen LogP contribution in [-0.2, 0) is 11.2 Å². The maximum atomic E-state index is 11.7. The minimum absolute atomic E-state index is 0. The van der Waals surface area contributed by atoms with E-state index in [9.17, 15) is 19.8 Å². The molecule has 0 fully saturated rings. The molecule has 0 saturated carbocycles. The molecule has 1 unspecified atom stereocenters. The quantitative estimate of drug-likeness (QED) is 0.219. The fourth-order valence-corrected chi connectivity index (χ4v) is 3.67. The van der Waals surface area contributed by atoms with E-state index in [2.05, 4.69) is 0 Å². The predicted octanol–water partition coefficient (Wildman–Crippen LogP) is 4.55. The van der Waals surface area contributed by atoms with E-state index in [1.165, 1.54) is 6.92 Å². The summed E-state index contributed by atoms with van der Waals surface area (Å²) in [6, 6.07) is 10.3. The van der Waals surface area contributed by atoms with Gasteiger partial charge in [0.05, 0.1) is 31.3 Å². The number of Topliss-reactive ketones (excluding diaryl/α,β-unsaturated/α-hetero) is 1. The number of hydrogen-bond acceptors (Lipinski definition) is 6. The number of carbonyl (C=O) groups is 2. The molecule has 0 spiro atoms. The molecular weight excluding hydrogens is 447 g/mol. The SMILES string of the molecule is CCCc1c(OCCCOc2cccc(C(O)C(C)(C)CC(=O)O)c2)ccc(C(C)=O)c1O.[Na]. The van der Waals surface area contributed by atoms with Crippen LogP contribution in [0.2, 0.25) is 0 Å². The zero-order chi connectivity index (χ0) is 24.6. The Balaban J connectivity index is 0.00000578. The second-order valence-electron chi connectivity index (χ2n) is 8.83. The number of phenolic OH excluding ortho intramolecular Hbond substituents is 1. The number of hydrogen-bond donors (Lipinski definition) is 3. The van der Waals surface area contributed by atoms with Gasteiger partial charge in [-0.05, 0) is 43.2 Å². The summed E-state index contributed by atoms with van der Waals surface area (Å²) in [4.78, 5) is 22.7. The van der Waals surface area contributed by atoms with Crippen molar-refractivity contribution in [3.63, 3.8) is 0 Å². The van der Waals surface area contributed by atoms with Crippen LogP contribution in [0.3, 0.4) is 0 Å². The van der Waals surface area contributed by atoms with E-state index < -0.39 is 17.5 Å². The van der Waals surface area contributed by atoms with Gasteiger partial charge in [0.25, 0.3) is 0 Å². The normalized spacial score (nSPS) is 11.9. The number of rotatable bonds is 13. The fraction of sp³-hybridized carbons (Fsp3) is 0.462. The van der Waals surface area contributed by atoms with Gasteiger partial charge in [0.2, 0.25) is 0 Å². The number of phenols is 1. The number of carbonyl (C=O) groups excluding carboxylic acids is 1. The minimum Gasteiger partial charge on any atom is -0.507 e. The third-order valence-corrected chi connectivity index (χ3v) is 5.45. The molecule has 2 rings (SSSR count). The standard InChI is InChI=1S/C26H34O7.Na/c1-5-8-21-22(12-11-20(17(2)27)24(21)30)33-14-7-13-32-19-10-6-9-18(15-19)25(31)26(3,4)16-23(28)29;/h6,9-12,15,25,30-31H,5,7-8,13-14,16H2,1-4H3,(H,28,29);. The van der Waals surface area contributed by atoms with Gasteiger partial charge in [-0.15, -0.1) is 0 Å². The molecular formula is C26H34NaO7. The largest absolute Gasteiger partial charge is 0.507 e. The van der Waals surface area contributed by atoms with Crippen LogP contribution < -0.4 is 9.47 Å². The van der Waals surface area contributed by atoms with Crippen molar-refractivity contribution in [3.8, 4) is 17.2 Å². The van der Waals surface area contributed by atoms with Crippen molar-refractivity contribution in [1.82, 2.24) is 0 Å². The van der Waals surface area contributed by atoms with E-state index in [0.717, 1.165) is 6.42 Å². The number of aromatic hydroxyl groups is 1. The first-order chi connectivity index (χ1) is 15.6. The first-order valence-corrected chi connectivity index (χ1v) is 11.2. The van der Waals surface area contributed by atoms with Gasteiger partial charge in [-0.1, -0.05) is 39.3 Å². The summed E-state index contributed by atoms with van der Waals surface area (Å²) in [5, 5.41) is 30.1. The Bertz CT molecular complexity index is 972. The summed E-state index contributed by atoms with van der Waals surface area (Å²) in [6.07, 6.45) is 0.895. The summed E-state index contributed by atoms with van der Waals surface area (Å²) in [6.45, 7) is 7.58. The monoisotopic (exact) mass is 481 g/mol. The van der Waals surface area contributed by atoms with Gasteiger partial charge in [0.1, 0.15) is 17.2 Å². The molecule has 181 valence electrons. The average Bonchev–Trinajstić information content (AvgIpc) is 2.74. The fourth-order valence-electron chi connectivity index (χ4n) is 3.67. The summed E-state index contributed by atoms with van der Waals surface area (Å²) >= 11 is 0. The van der Waals surface area contributed by atoms with Gasteiger partial charge in [-0.25, -0.2) is 0 Å². The molecule has 34 heavy (non-hydrogen) atoms. The molecule has 7 nitrogen and oxygen atoms in total. The molecule has 8 heteroatoms. The molecule has 0 aliphatic heterocycles. The van der Waals surface area contributed by atoms with Gasteiger partial charge in [0, 0.05) is 47.0 Å². The maximum Gasteiger partial charge on any atom is 0.303 e. The van der Waals surface area contributed by atoms with Crippen molar-refractivity contribution in [2.45, 2.75) is 59.5 Å². The average molecular weight is 482 g/mol. The van der Waals surface area contributed by atoms with Crippen molar-refractivity contribution in [2.75, 3.05) is 13.2 Å². The third kappa shape index (κ3) is 8.31. The van der Waals surface area contributed by atoms with Gasteiger partial charge >= 0.3 is 5.97 Å². The smallest absolute Gasteiger partial charge is 0.303 e. The molecule has 0 saturated heterocycles. The summed E-state index contributed by atoms with van der Waals surface area (Å²) < 4.78 is 11.6. The molecule has 0 aliphatic rings. The van der Waals surface area contributed by atoms with Crippen LogP contribution in [0.5, 0.6) is 17.2 Å². The van der Waals surface area contributed by atoms with Crippen LogP contribution >= 0.6 is 0 Å². The van der Waals surface area contributed by atoms with Crippen LogP contribution in [0.15, 0.2) is 36.4 Å². The van der Waals surface area contributed by atoms with Crippen molar-refractivity contribution >= 4 is 41.3 Å². The molecule has 0 aliphatic carbocycles. The molecule has 1 radical (unpaired) electrons. The van der Waals surface area contributed by atoms with Crippen LogP contribution in [-0.4, -0.2) is 69.8 Å². The molecule has 2 aromatic carbocycles. The first kappa shape index (κ1) is 30.0. The van der Waals surface area contributed by atoms with Gasteiger partial charge in [-0.3, -0.25) is 9.59 Å². The Morgan fingerprint density at radius 1 is 1.09 bits per heavy atom. The van der Waals surface area contributed by atoms with Crippen LogP contribution in [0.1, 0.15) is 74.5 Å². The number of aliphatic carboxylic acids is 1. The van der Waals surface area contributed by atoms with Gasteiger partial charge < -0.3 is 24.8 Å². The topological polar surface area (TPSA) is 113 Å². The Kier molecular flexibility index (Phi) is 12.1. The maximum absolute atomic E-state index is 11.7. The van der Waals surface area contributed by atoms with E-state index in [4.69, 9.17) is 14.6 Å². The number of aliphatic hydroxyl groups is 1. The number of aliphatic hydroxyl groups excluding tert-OH is 1. The Hall–Kier alpha value is -2.06. The van der Waals surface area contributed by atoms with Crippen LogP contribution in [0, 0.1) is 5.41 Å². The Morgan fingerprint density at radius 3 is 2.38 bits per heavy atom. The number of carboxylic acid groups (broad SMARTS) is 1. The first-order valence-electron chi connectivity index (χ1n) is 11.2. The molecule has 0 aromatic heterocycles. The van der Waals surface area contributed by atoms with Gasteiger partial charge in [-0.2, -0.15) is 0 Å². The molecule has 0 amide bonds. The Labute approximate surface area is 223 Å². The molecule has 1 atom stereocenters. The predicted molar refractivity (Wildman–Crippen MR) is 131 cm³/mol. The third-order valence-electron chi connectivity index (χ3n) is 5.45. The Morgan fingerprint density at radius 2 is 1.76 bits per heavy atom. The molecule has 0 bridgehead atoms. The number of ketones is 1. The summed E-state index contributed by atoms with van der Waals surface area (Å²) in [5.41, 5.74) is 0.706. The second kappa shape index (κ2) is 13.7. The van der Waals surface area contributed by atoms with E-state index >= 15 is 0 Å². The molecule has 2 aromatic rings. The summed E-state index contributed by atoms with van der Waals surface area (Å²) in [7, 11) is 0. The van der Waals surface area contributed by atoms with Crippen molar-refractivity contribution in [1.29, 1.82) is 0 Å². The van der Waals surface area contributed by atoms with E-state index in [1.807, 2.05) is 6.92 Å². The summed E-state index contributed by atoms with van der Waals surface area (Å²) in [5.74, 6) is -0.0291. The van der Waals surface area contributed by atoms with Crippen molar-refractivity contribution in [2.24, 2.45) is 5.41 Å². The second-order valence-corrected chi connectivity index (χ2v) is 8.83. The van der Waals surface area contributed by atoms with E-state index in [-0.39, 0.29) is 47.5 Å². The van der Waals surface area contributed by atoms with E-state index in [1.54, 1.807) is 50.2 Å². The van der Waals surface area contributed by atoms with Crippen LogP contribution in [0.25, 0.3) is 0 Å². The zero-order valence-corrected chi connectivity index (χ0v) is 22.8. The van der Waals surface area contributed by atoms with Crippen molar-refractivity contribution < 1.29 is 34.4 Å². The number of carboxylic acids is 1. The van der Waals surface area contributed by atoms with Crippen LogP contribution in [0.4, 0.5) is 0 Å². The molecule has 3 N–H and O–H groups in total. The number of ether oxygens (including phenoxy) is 2. The zero-order valence-electron chi connectivity index (χ0n) is 20.8. The molecule has 0 heterocycles. The van der Waals surface area contributed by atoms with Crippen molar-refractivity contribution in [3.05, 3.63) is 53.1 Å². The van der Waals surface area contributed by atoms with E-state index in [0.29, 0.717) is 54.2 Å². The minimum atomic E-state index is -0.960. The number of benzene rings is 2.